The van der Waals surface area contributed by atoms with Crippen molar-refractivity contribution < 1.29 is 37.9 Å². The summed E-state index contributed by atoms with van der Waals surface area (Å²) in [5.41, 5.74) is 0. The maximum atomic E-state index is 12.1. The van der Waals surface area contributed by atoms with Crippen LogP contribution < -0.4 is 5.32 Å². The van der Waals surface area contributed by atoms with E-state index in [9.17, 15) is 24.2 Å². The van der Waals surface area contributed by atoms with Gasteiger partial charge in [-0.3, -0.25) is 18.6 Å². The highest BCUT2D eigenvalue weighted by Gasteiger charge is 2.23. The molecule has 0 aliphatic carbocycles. The molecule has 0 fully saturated rings. The third-order valence-electron chi connectivity index (χ3n) is 10.3. The topological polar surface area (TPSA) is 131 Å². The number of carbonyl (C=O) groups excluding carboxylic acids is 2. The van der Waals surface area contributed by atoms with E-state index in [-0.39, 0.29) is 32.1 Å². The van der Waals surface area contributed by atoms with Gasteiger partial charge < -0.3 is 20.1 Å². The smallest absolute Gasteiger partial charge is 0.463 e. The first-order valence-corrected chi connectivity index (χ1v) is 25.5. The fourth-order valence-electron chi connectivity index (χ4n) is 6.63. The Kier molecular flexibility index (Phi) is 43.4. The summed E-state index contributed by atoms with van der Waals surface area (Å²) >= 11 is 0. The number of hydrogen-bond donors (Lipinski definition) is 3. The van der Waals surface area contributed by atoms with E-state index < -0.39 is 26.5 Å². The molecule has 10 heteroatoms. The van der Waals surface area contributed by atoms with E-state index in [2.05, 4.69) is 55.6 Å². The van der Waals surface area contributed by atoms with Gasteiger partial charge in [0.25, 0.3) is 0 Å². The lowest BCUT2D eigenvalue weighted by atomic mass is 10.0. The van der Waals surface area contributed by atoms with Crippen molar-refractivity contribution in [2.24, 2.45) is 0 Å². The van der Waals surface area contributed by atoms with Crippen LogP contribution in [0.25, 0.3) is 0 Å². The van der Waals surface area contributed by atoms with Gasteiger partial charge in [-0.05, 0) is 64.2 Å². The van der Waals surface area contributed by atoms with Crippen LogP contribution in [0, 0.1) is 0 Å². The molecule has 0 saturated carbocycles. The fraction of sp³-hybridized carbons (Fsp3) is 0.833. The highest BCUT2D eigenvalue weighted by atomic mass is 31.2. The maximum Gasteiger partial charge on any atom is 0.472 e. The number of aliphatic hydroxyl groups excluding tert-OH is 1. The van der Waals surface area contributed by atoms with Gasteiger partial charge >= 0.3 is 13.8 Å². The number of phosphoric ester groups is 1. The number of amides is 1. The number of allylic oxidation sites excluding steroid dienone is 6. The van der Waals surface area contributed by atoms with Crippen molar-refractivity contribution in [2.45, 2.75) is 232 Å². The minimum absolute atomic E-state index is 0.0746. The fourth-order valence-corrected chi connectivity index (χ4v) is 7.38. The summed E-state index contributed by atoms with van der Waals surface area (Å²) in [6.07, 6.45) is 50.8. The van der Waals surface area contributed by atoms with Crippen LogP contribution in [0.5, 0.6) is 0 Å². The Morgan fingerprint density at radius 2 is 0.948 bits per heavy atom. The summed E-state index contributed by atoms with van der Waals surface area (Å²) in [4.78, 5) is 34.0. The quantitative estimate of drug-likeness (QED) is 0.0239. The molecule has 340 valence electrons. The zero-order valence-electron chi connectivity index (χ0n) is 37.5. The molecule has 0 aromatic heterocycles. The molecule has 0 radical (unpaired) electrons. The number of unbranched alkanes of at least 4 members (excludes halogenated alkanes) is 26. The number of aliphatic hydroxyl groups is 1. The summed E-state index contributed by atoms with van der Waals surface area (Å²) in [7, 11) is -4.42. The molecule has 0 spiro atoms. The van der Waals surface area contributed by atoms with Crippen LogP contribution in [0.3, 0.4) is 0 Å². The van der Waals surface area contributed by atoms with E-state index in [0.29, 0.717) is 6.42 Å². The number of esters is 1. The largest absolute Gasteiger partial charge is 0.472 e. The molecule has 2 atom stereocenters. The molecule has 0 heterocycles. The van der Waals surface area contributed by atoms with Crippen LogP contribution in [0.4, 0.5) is 0 Å². The molecule has 0 rings (SSSR count). The molecule has 3 N–H and O–H groups in total. The van der Waals surface area contributed by atoms with Crippen molar-refractivity contribution in [3.63, 3.8) is 0 Å². The lowest BCUT2D eigenvalue weighted by Gasteiger charge is -2.15. The molecule has 0 aromatic carbocycles. The van der Waals surface area contributed by atoms with E-state index in [1.165, 1.54) is 135 Å². The van der Waals surface area contributed by atoms with Crippen LogP contribution in [-0.4, -0.2) is 54.3 Å². The van der Waals surface area contributed by atoms with E-state index in [1.807, 2.05) is 0 Å². The van der Waals surface area contributed by atoms with Crippen molar-refractivity contribution in [3.05, 3.63) is 36.5 Å². The van der Waals surface area contributed by atoms with Gasteiger partial charge in [0.05, 0.1) is 13.2 Å². The first kappa shape index (κ1) is 56.2. The molecule has 0 aliphatic heterocycles. The average molecular weight is 840 g/mol. The molecule has 58 heavy (non-hydrogen) atoms. The van der Waals surface area contributed by atoms with E-state index in [1.54, 1.807) is 0 Å². The number of phosphoric acid groups is 1. The zero-order valence-corrected chi connectivity index (χ0v) is 38.4. The van der Waals surface area contributed by atoms with E-state index >= 15 is 0 Å². The van der Waals surface area contributed by atoms with Gasteiger partial charge in [0, 0.05) is 19.4 Å². The van der Waals surface area contributed by atoms with Gasteiger partial charge in [-0.2, -0.15) is 0 Å². The summed E-state index contributed by atoms with van der Waals surface area (Å²) in [6, 6.07) is 0. The van der Waals surface area contributed by atoms with Crippen LogP contribution in [0.2, 0.25) is 0 Å². The Morgan fingerprint density at radius 1 is 0.534 bits per heavy atom. The number of nitrogens with one attached hydrogen (secondary N) is 1. The highest BCUT2D eigenvalue weighted by Crippen LogP contribution is 2.42. The third-order valence-corrected chi connectivity index (χ3v) is 11.3. The second-order valence-corrected chi connectivity index (χ2v) is 17.5. The van der Waals surface area contributed by atoms with Crippen molar-refractivity contribution >= 4 is 19.7 Å². The Morgan fingerprint density at radius 3 is 1.45 bits per heavy atom. The molecular formula is C48H90NO8P. The predicted octanol–water partition coefficient (Wildman–Crippen LogP) is 13.7. The summed E-state index contributed by atoms with van der Waals surface area (Å²) in [5.74, 6) is -0.526. The molecule has 9 nitrogen and oxygen atoms in total. The second kappa shape index (κ2) is 44.8. The molecule has 0 saturated heterocycles. The molecule has 0 bridgehead atoms. The third kappa shape index (κ3) is 45.3. The van der Waals surface area contributed by atoms with Crippen molar-refractivity contribution in [1.29, 1.82) is 0 Å². The van der Waals surface area contributed by atoms with Crippen molar-refractivity contribution in [1.82, 2.24) is 5.32 Å². The minimum atomic E-state index is -4.42. The van der Waals surface area contributed by atoms with Crippen LogP contribution in [-0.2, 0) is 27.9 Å². The van der Waals surface area contributed by atoms with Gasteiger partial charge in [-0.15, -0.1) is 0 Å². The number of ether oxygens (including phenoxy) is 1. The Balaban J connectivity index is 3.55. The van der Waals surface area contributed by atoms with Crippen molar-refractivity contribution in [2.75, 3.05) is 26.4 Å². The molecule has 0 aromatic rings. The lowest BCUT2D eigenvalue weighted by Crippen LogP contribution is -2.27. The number of hydrogen-bond acceptors (Lipinski definition) is 7. The van der Waals surface area contributed by atoms with Crippen LogP contribution in [0.15, 0.2) is 36.5 Å². The first-order valence-electron chi connectivity index (χ1n) is 24.0. The SMILES string of the molecule is CCCC/C=C\C/C=C\CCCCCCCC(=O)NCCOP(=O)(O)OCC(O)COC(=O)CCCCCCCCCCCCCCC/C=C/CCCCCCCC. The van der Waals surface area contributed by atoms with Gasteiger partial charge in [-0.25, -0.2) is 4.57 Å². The van der Waals surface area contributed by atoms with Gasteiger partial charge in [0.2, 0.25) is 5.91 Å². The summed E-state index contributed by atoms with van der Waals surface area (Å²) in [5, 5.41) is 12.7. The normalized spacial score (nSPS) is 13.5. The van der Waals surface area contributed by atoms with Crippen LogP contribution >= 0.6 is 7.82 Å². The van der Waals surface area contributed by atoms with Crippen LogP contribution in [0.1, 0.15) is 226 Å². The molecule has 0 aliphatic rings. The Hall–Kier alpha value is -1.77. The summed E-state index contributed by atoms with van der Waals surface area (Å²) in [6.45, 7) is 3.51. The molecule has 1 amide bonds. The monoisotopic (exact) mass is 840 g/mol. The number of rotatable bonds is 45. The lowest BCUT2D eigenvalue weighted by molar-refractivity contribution is -0.147. The second-order valence-electron chi connectivity index (χ2n) is 16.1. The summed E-state index contributed by atoms with van der Waals surface area (Å²) < 4.78 is 26.9. The van der Waals surface area contributed by atoms with Crippen molar-refractivity contribution in [3.8, 4) is 0 Å². The van der Waals surface area contributed by atoms with Gasteiger partial charge in [0.15, 0.2) is 0 Å². The molecular weight excluding hydrogens is 750 g/mol. The zero-order chi connectivity index (χ0) is 42.5. The minimum Gasteiger partial charge on any atom is -0.463 e. The highest BCUT2D eigenvalue weighted by molar-refractivity contribution is 7.47. The standard InChI is InChI=1S/C48H90NO8P/c1-3-5-7-9-11-13-15-17-19-20-21-22-23-24-25-26-27-29-31-33-35-37-39-41-48(52)55-44-46(50)45-57-58(53,54)56-43-42-49-47(51)40-38-36-34-32-30-28-18-16-14-12-10-8-6-4-2/h10,12,16-19,46,50H,3-9,11,13-15,20-45H2,1-2H3,(H,49,51)(H,53,54)/b12-10-,18-16-,19-17+. The number of carbonyl (C=O) groups is 2. The van der Waals surface area contributed by atoms with E-state index in [0.717, 1.165) is 64.2 Å². The first-order chi connectivity index (χ1) is 28.3. The maximum absolute atomic E-state index is 12.1. The van der Waals surface area contributed by atoms with Gasteiger partial charge in [0.1, 0.15) is 12.7 Å². The Labute approximate surface area is 356 Å². The van der Waals surface area contributed by atoms with E-state index in [4.69, 9.17) is 13.8 Å². The average Bonchev–Trinajstić information content (AvgIpc) is 3.21. The Bertz CT molecular complexity index is 1050. The predicted molar refractivity (Wildman–Crippen MR) is 243 cm³/mol. The van der Waals surface area contributed by atoms with Gasteiger partial charge in [-0.1, -0.05) is 185 Å². The molecule has 2 unspecified atom stereocenters.